The van der Waals surface area contributed by atoms with Gasteiger partial charge in [-0.15, -0.1) is 0 Å². The maximum atomic E-state index is 14.5. The number of esters is 5. The second-order valence-electron chi connectivity index (χ2n) is 13.8. The summed E-state index contributed by atoms with van der Waals surface area (Å²) in [6.45, 7) is 11.3. The molecule has 254 valence electrons. The highest BCUT2D eigenvalue weighted by molar-refractivity contribution is 5.98. The van der Waals surface area contributed by atoms with E-state index in [9.17, 15) is 28.8 Å². The van der Waals surface area contributed by atoms with Crippen molar-refractivity contribution in [1.82, 2.24) is 4.98 Å². The first-order chi connectivity index (χ1) is 21.9. The molecular formula is C34H41NO12. The third-order valence-electron chi connectivity index (χ3n) is 10.2. The lowest BCUT2D eigenvalue weighted by Gasteiger charge is -2.50. The molecule has 3 aliphatic carbocycles. The SMILES string of the molecule is CC(=O)OC1C2(C)OCC3(C(=O)C=CC(C(C)(C)OC(C)=O)C23)C(OC(C)=O)C2C(OC(=O)c3cccnc3)C(C)CC21OC(C)=O. The van der Waals surface area contributed by atoms with Gasteiger partial charge in [0, 0.05) is 51.9 Å². The van der Waals surface area contributed by atoms with Crippen LogP contribution in [0.2, 0.25) is 0 Å². The molecule has 5 rings (SSSR count). The van der Waals surface area contributed by atoms with Gasteiger partial charge < -0.3 is 28.4 Å². The number of pyridine rings is 1. The predicted molar refractivity (Wildman–Crippen MR) is 160 cm³/mol. The van der Waals surface area contributed by atoms with Crippen LogP contribution in [0.5, 0.6) is 0 Å². The Balaban J connectivity index is 1.83. The topological polar surface area (TPSA) is 171 Å². The molecule has 10 atom stereocenters. The summed E-state index contributed by atoms with van der Waals surface area (Å²) in [4.78, 5) is 83.3. The first-order valence-corrected chi connectivity index (χ1v) is 15.6. The zero-order valence-corrected chi connectivity index (χ0v) is 27.8. The number of ketones is 1. The van der Waals surface area contributed by atoms with E-state index in [1.54, 1.807) is 39.8 Å². The molecule has 13 nitrogen and oxygen atoms in total. The Morgan fingerprint density at radius 1 is 0.979 bits per heavy atom. The van der Waals surface area contributed by atoms with Crippen molar-refractivity contribution in [2.75, 3.05) is 6.61 Å². The smallest absolute Gasteiger partial charge is 0.339 e. The van der Waals surface area contributed by atoms with Crippen LogP contribution in [0.25, 0.3) is 0 Å². The Hall–Kier alpha value is -4.13. The molecule has 4 aliphatic rings. The van der Waals surface area contributed by atoms with Crippen LogP contribution in [-0.4, -0.2) is 82.3 Å². The summed E-state index contributed by atoms with van der Waals surface area (Å²) in [5, 5.41) is 0. The summed E-state index contributed by atoms with van der Waals surface area (Å²) in [6, 6.07) is 3.09. The van der Waals surface area contributed by atoms with E-state index in [2.05, 4.69) is 4.98 Å². The van der Waals surface area contributed by atoms with Gasteiger partial charge in [-0.05, 0) is 51.3 Å². The van der Waals surface area contributed by atoms with E-state index < -0.39 is 99.8 Å². The summed E-state index contributed by atoms with van der Waals surface area (Å²) < 4.78 is 37.0. The highest BCUT2D eigenvalue weighted by Crippen LogP contribution is 2.68. The number of nitrogens with zero attached hydrogens (tertiary/aromatic N) is 1. The van der Waals surface area contributed by atoms with Gasteiger partial charge in [-0.3, -0.25) is 29.0 Å². The van der Waals surface area contributed by atoms with Crippen LogP contribution < -0.4 is 0 Å². The number of fused-ring (bicyclic) bond motifs is 1. The van der Waals surface area contributed by atoms with Gasteiger partial charge in [0.2, 0.25) is 0 Å². The average Bonchev–Trinajstić information content (AvgIpc) is 3.40. The van der Waals surface area contributed by atoms with Gasteiger partial charge in [-0.2, -0.15) is 0 Å². The van der Waals surface area contributed by atoms with Gasteiger partial charge in [0.25, 0.3) is 0 Å². The minimum Gasteiger partial charge on any atom is -0.461 e. The first kappa shape index (κ1) is 34.2. The van der Waals surface area contributed by atoms with Crippen LogP contribution >= 0.6 is 0 Å². The standard InChI is InChI=1S/C34H41NO12/c1-17-14-34(47-21(5)39)25(26(17)45-29(41)22-10-9-13-35-15-22)28(43-18(2)36)33-16-42-32(8,30(34)44-19(3)37)27(33)23(11-12-24(33)40)31(6,7)46-20(4)38/h9-13,15,17,23,25-28,30H,14,16H2,1-8H3. The Labute approximate surface area is 272 Å². The van der Waals surface area contributed by atoms with E-state index >= 15 is 0 Å². The average molecular weight is 656 g/mol. The van der Waals surface area contributed by atoms with Crippen molar-refractivity contribution in [1.29, 1.82) is 0 Å². The van der Waals surface area contributed by atoms with Gasteiger partial charge in [-0.1, -0.05) is 13.0 Å². The van der Waals surface area contributed by atoms with E-state index in [1.165, 1.54) is 52.2 Å². The van der Waals surface area contributed by atoms with Gasteiger partial charge >= 0.3 is 29.8 Å². The third kappa shape index (κ3) is 5.41. The molecule has 10 unspecified atom stereocenters. The summed E-state index contributed by atoms with van der Waals surface area (Å²) in [6.07, 6.45) is 1.87. The van der Waals surface area contributed by atoms with Gasteiger partial charge in [0.15, 0.2) is 17.5 Å². The molecule has 47 heavy (non-hydrogen) atoms. The summed E-state index contributed by atoms with van der Waals surface area (Å²) >= 11 is 0. The molecule has 0 aromatic carbocycles. The molecule has 0 amide bonds. The quantitative estimate of drug-likeness (QED) is 0.311. The minimum atomic E-state index is -1.81. The molecule has 0 radical (unpaired) electrons. The zero-order chi connectivity index (χ0) is 34.7. The molecule has 3 fully saturated rings. The van der Waals surface area contributed by atoms with E-state index in [1.807, 2.05) is 0 Å². The van der Waals surface area contributed by atoms with Crippen LogP contribution in [0.3, 0.4) is 0 Å². The number of rotatable bonds is 7. The van der Waals surface area contributed by atoms with Crippen molar-refractivity contribution in [3.8, 4) is 0 Å². The molecule has 2 bridgehead atoms. The highest BCUT2D eigenvalue weighted by atomic mass is 16.6. The molecule has 1 aliphatic heterocycles. The number of hydrogen-bond acceptors (Lipinski definition) is 13. The highest BCUT2D eigenvalue weighted by Gasteiger charge is 2.82. The molecule has 2 saturated carbocycles. The Morgan fingerprint density at radius 3 is 2.23 bits per heavy atom. The Bertz CT molecular complexity index is 1520. The van der Waals surface area contributed by atoms with Crippen molar-refractivity contribution in [3.63, 3.8) is 0 Å². The molecule has 1 saturated heterocycles. The second kappa shape index (κ2) is 11.8. The molecule has 2 heterocycles. The molecule has 0 N–H and O–H groups in total. The number of allylic oxidation sites excluding steroid dienone is 1. The Kier molecular flexibility index (Phi) is 8.62. The molecule has 0 spiro atoms. The van der Waals surface area contributed by atoms with Crippen molar-refractivity contribution >= 4 is 35.6 Å². The van der Waals surface area contributed by atoms with E-state index in [-0.39, 0.29) is 18.6 Å². The fourth-order valence-electron chi connectivity index (χ4n) is 8.97. The maximum absolute atomic E-state index is 14.5. The van der Waals surface area contributed by atoms with Crippen LogP contribution in [0, 0.1) is 29.1 Å². The van der Waals surface area contributed by atoms with Crippen LogP contribution in [0.1, 0.15) is 72.2 Å². The fraction of sp³-hybridized carbons (Fsp3) is 0.618. The number of carbonyl (C=O) groups is 6. The molecule has 1 aromatic heterocycles. The van der Waals surface area contributed by atoms with E-state index in [4.69, 9.17) is 28.4 Å². The van der Waals surface area contributed by atoms with Crippen molar-refractivity contribution in [2.24, 2.45) is 29.1 Å². The number of ether oxygens (including phenoxy) is 6. The molecular weight excluding hydrogens is 614 g/mol. The summed E-state index contributed by atoms with van der Waals surface area (Å²) in [7, 11) is 0. The van der Waals surface area contributed by atoms with Crippen LogP contribution in [-0.2, 0) is 52.4 Å². The van der Waals surface area contributed by atoms with Gasteiger partial charge in [0.05, 0.1) is 18.1 Å². The maximum Gasteiger partial charge on any atom is 0.339 e. The van der Waals surface area contributed by atoms with Crippen LogP contribution in [0.15, 0.2) is 36.7 Å². The molecule has 13 heteroatoms. The van der Waals surface area contributed by atoms with Crippen molar-refractivity contribution < 1.29 is 57.2 Å². The first-order valence-electron chi connectivity index (χ1n) is 15.6. The van der Waals surface area contributed by atoms with E-state index in [0.29, 0.717) is 0 Å². The Morgan fingerprint density at radius 2 is 1.66 bits per heavy atom. The van der Waals surface area contributed by atoms with Crippen LogP contribution in [0.4, 0.5) is 0 Å². The lowest BCUT2D eigenvalue weighted by atomic mass is 9.54. The zero-order valence-electron chi connectivity index (χ0n) is 27.8. The normalized spacial score (nSPS) is 37.1. The number of carbonyl (C=O) groups excluding carboxylic acids is 6. The number of hydrogen-bond donors (Lipinski definition) is 0. The number of aromatic nitrogens is 1. The molecule has 1 aromatic rings. The van der Waals surface area contributed by atoms with E-state index in [0.717, 1.165) is 0 Å². The van der Waals surface area contributed by atoms with Gasteiger partial charge in [0.1, 0.15) is 28.8 Å². The van der Waals surface area contributed by atoms with Crippen molar-refractivity contribution in [3.05, 3.63) is 42.2 Å². The largest absolute Gasteiger partial charge is 0.461 e. The third-order valence-corrected chi connectivity index (χ3v) is 10.2. The second-order valence-corrected chi connectivity index (χ2v) is 13.8. The summed E-state index contributed by atoms with van der Waals surface area (Å²) in [5.41, 5.74) is -6.17. The summed E-state index contributed by atoms with van der Waals surface area (Å²) in [5.74, 6) is -7.49. The lowest BCUT2D eigenvalue weighted by molar-refractivity contribution is -0.243. The minimum absolute atomic E-state index is 0.0146. The lowest BCUT2D eigenvalue weighted by Crippen LogP contribution is -2.64. The fourth-order valence-corrected chi connectivity index (χ4v) is 8.97. The van der Waals surface area contributed by atoms with Gasteiger partial charge in [-0.25, -0.2) is 4.79 Å². The monoisotopic (exact) mass is 655 g/mol. The predicted octanol–water partition coefficient (Wildman–Crippen LogP) is 2.93. The van der Waals surface area contributed by atoms with Crippen molar-refractivity contribution in [2.45, 2.75) is 96.9 Å².